The summed E-state index contributed by atoms with van der Waals surface area (Å²) in [6, 6.07) is 12.6. The number of halogens is 1. The van der Waals surface area contributed by atoms with Crippen LogP contribution >= 0.6 is 0 Å². The van der Waals surface area contributed by atoms with Crippen LogP contribution in [-0.2, 0) is 22.7 Å². The van der Waals surface area contributed by atoms with E-state index in [1.165, 1.54) is 19.4 Å². The molecule has 32 heavy (non-hydrogen) atoms. The summed E-state index contributed by atoms with van der Waals surface area (Å²) in [5, 5.41) is 6.02. The smallest absolute Gasteiger partial charge is 0.227 e. The van der Waals surface area contributed by atoms with Gasteiger partial charge in [-0.05, 0) is 29.3 Å². The molecule has 7 nitrogen and oxygen atoms in total. The Morgan fingerprint density at radius 2 is 2.03 bits per heavy atom. The average Bonchev–Trinajstić information content (AvgIpc) is 3.42. The number of benzene rings is 2. The molecule has 2 amide bonds. The maximum Gasteiger partial charge on any atom is 0.227 e. The lowest BCUT2D eigenvalue weighted by atomic mass is 10.0. The van der Waals surface area contributed by atoms with Gasteiger partial charge in [-0.3, -0.25) is 9.59 Å². The average molecular weight is 436 g/mol. The maximum atomic E-state index is 14.9. The molecule has 1 aromatic heterocycles. The molecule has 0 saturated carbocycles. The Bertz CT molecular complexity index is 1080. The molecule has 4 rings (SSSR count). The first kappa shape index (κ1) is 21.7. The van der Waals surface area contributed by atoms with Crippen LogP contribution in [0.5, 0.6) is 0 Å². The molecule has 2 N–H and O–H groups in total. The fourth-order valence-corrected chi connectivity index (χ4v) is 3.82. The number of hydrogen-bond donors (Lipinski definition) is 2. The monoisotopic (exact) mass is 436 g/mol. The van der Waals surface area contributed by atoms with E-state index in [1.54, 1.807) is 23.3 Å². The van der Waals surface area contributed by atoms with Gasteiger partial charge in [0.05, 0.1) is 5.69 Å². The van der Waals surface area contributed by atoms with Gasteiger partial charge in [-0.15, -0.1) is 0 Å². The molecule has 166 valence electrons. The third-order valence-corrected chi connectivity index (χ3v) is 5.49. The number of hydrogen-bond acceptors (Lipinski definition) is 5. The van der Waals surface area contributed by atoms with E-state index in [1.807, 2.05) is 24.3 Å². The number of aromatic nitrogens is 1. The fraction of sp³-hybridized carbons (Fsp3) is 0.292. The van der Waals surface area contributed by atoms with Crippen molar-refractivity contribution in [3.8, 4) is 11.1 Å². The summed E-state index contributed by atoms with van der Waals surface area (Å²) < 4.78 is 19.8. The number of anilines is 1. The molecule has 0 spiro atoms. The van der Waals surface area contributed by atoms with Crippen molar-refractivity contribution in [2.75, 3.05) is 18.0 Å². The van der Waals surface area contributed by atoms with Crippen molar-refractivity contribution < 1.29 is 18.4 Å². The van der Waals surface area contributed by atoms with E-state index in [-0.39, 0.29) is 23.5 Å². The Hall–Kier alpha value is -3.52. The Balaban J connectivity index is 1.38. The number of amides is 2. The minimum Gasteiger partial charge on any atom is -0.451 e. The van der Waals surface area contributed by atoms with E-state index in [2.05, 4.69) is 15.6 Å². The van der Waals surface area contributed by atoms with Crippen LogP contribution in [0.4, 0.5) is 10.1 Å². The summed E-state index contributed by atoms with van der Waals surface area (Å²) in [6.45, 7) is 3.62. The SMILES string of the molecule is CC(=O)NC[C@@H]1CC(=O)N(c2ccc(-c3ccc(CNCc4cocn4)cc3)c(F)c2)C1. The lowest BCUT2D eigenvalue weighted by molar-refractivity contribution is -0.120. The highest BCUT2D eigenvalue weighted by molar-refractivity contribution is 5.96. The summed E-state index contributed by atoms with van der Waals surface area (Å²) in [4.78, 5) is 29.1. The fourth-order valence-electron chi connectivity index (χ4n) is 3.82. The van der Waals surface area contributed by atoms with E-state index in [0.29, 0.717) is 43.9 Å². The molecule has 1 fully saturated rings. The van der Waals surface area contributed by atoms with Crippen LogP contribution in [0.15, 0.2) is 59.5 Å². The number of nitrogens with one attached hydrogen (secondary N) is 2. The number of carbonyl (C=O) groups is 2. The minimum absolute atomic E-state index is 0.0274. The second kappa shape index (κ2) is 9.74. The van der Waals surface area contributed by atoms with Gasteiger partial charge in [-0.2, -0.15) is 0 Å². The van der Waals surface area contributed by atoms with Gasteiger partial charge in [-0.25, -0.2) is 9.37 Å². The highest BCUT2D eigenvalue weighted by Gasteiger charge is 2.31. The topological polar surface area (TPSA) is 87.5 Å². The van der Waals surface area contributed by atoms with E-state index in [4.69, 9.17) is 4.42 Å². The highest BCUT2D eigenvalue weighted by atomic mass is 19.1. The molecule has 1 aliphatic rings. The lowest BCUT2D eigenvalue weighted by Gasteiger charge is -2.18. The van der Waals surface area contributed by atoms with E-state index < -0.39 is 0 Å². The van der Waals surface area contributed by atoms with E-state index in [9.17, 15) is 14.0 Å². The van der Waals surface area contributed by atoms with E-state index in [0.717, 1.165) is 16.8 Å². The quantitative estimate of drug-likeness (QED) is 0.566. The second-order valence-corrected chi connectivity index (χ2v) is 7.96. The molecule has 0 aliphatic carbocycles. The molecule has 8 heteroatoms. The number of rotatable bonds is 8. The predicted molar refractivity (Wildman–Crippen MR) is 118 cm³/mol. The zero-order valence-corrected chi connectivity index (χ0v) is 17.8. The molecule has 3 aromatic rings. The van der Waals surface area contributed by atoms with Crippen molar-refractivity contribution in [3.63, 3.8) is 0 Å². The molecular weight excluding hydrogens is 411 g/mol. The molecule has 0 bridgehead atoms. The number of nitrogens with zero attached hydrogens (tertiary/aromatic N) is 2. The molecule has 1 aliphatic heterocycles. The van der Waals surface area contributed by atoms with Crippen LogP contribution in [0.2, 0.25) is 0 Å². The van der Waals surface area contributed by atoms with Gasteiger partial charge in [0.25, 0.3) is 0 Å². The van der Waals surface area contributed by atoms with E-state index >= 15 is 0 Å². The van der Waals surface area contributed by atoms with Gasteiger partial charge >= 0.3 is 0 Å². The molecule has 2 aromatic carbocycles. The van der Waals surface area contributed by atoms with Crippen molar-refractivity contribution in [1.29, 1.82) is 0 Å². The summed E-state index contributed by atoms with van der Waals surface area (Å²) in [6.07, 6.45) is 3.34. The van der Waals surface area contributed by atoms with Gasteiger partial charge in [0, 0.05) is 56.7 Å². The highest BCUT2D eigenvalue weighted by Crippen LogP contribution is 2.30. The molecule has 2 heterocycles. The summed E-state index contributed by atoms with van der Waals surface area (Å²) in [5.41, 5.74) is 3.70. The maximum absolute atomic E-state index is 14.9. The first-order valence-electron chi connectivity index (χ1n) is 10.5. The van der Waals surface area contributed by atoms with Gasteiger partial charge < -0.3 is 20.0 Å². The van der Waals surface area contributed by atoms with Crippen LogP contribution in [0, 0.1) is 11.7 Å². The number of carbonyl (C=O) groups excluding carboxylic acids is 2. The largest absolute Gasteiger partial charge is 0.451 e. The third-order valence-electron chi connectivity index (χ3n) is 5.49. The van der Waals surface area contributed by atoms with Gasteiger partial charge in [0.15, 0.2) is 6.39 Å². The van der Waals surface area contributed by atoms with Gasteiger partial charge in [0.2, 0.25) is 11.8 Å². The Kier molecular flexibility index (Phi) is 6.61. The first-order valence-corrected chi connectivity index (χ1v) is 10.5. The molecule has 0 radical (unpaired) electrons. The van der Waals surface area contributed by atoms with Crippen LogP contribution < -0.4 is 15.5 Å². The predicted octanol–water partition coefficient (Wildman–Crippen LogP) is 3.26. The molecular formula is C24H25FN4O3. The Labute approximate surface area is 185 Å². The lowest BCUT2D eigenvalue weighted by Crippen LogP contribution is -2.29. The van der Waals surface area contributed by atoms with Crippen molar-refractivity contribution in [2.24, 2.45) is 5.92 Å². The summed E-state index contributed by atoms with van der Waals surface area (Å²) in [7, 11) is 0. The standard InChI is InChI=1S/C24H25FN4O3/c1-16(30)27-11-18-8-24(31)29(13-18)21-6-7-22(23(25)9-21)19-4-2-17(3-5-19)10-26-12-20-14-32-15-28-20/h2-7,9,14-15,18,26H,8,10-13H2,1H3,(H,27,30)/t18-/m0/s1. The second-order valence-electron chi connectivity index (χ2n) is 7.96. The van der Waals surface area contributed by atoms with Crippen molar-refractivity contribution >= 4 is 17.5 Å². The van der Waals surface area contributed by atoms with Gasteiger partial charge in [0.1, 0.15) is 12.1 Å². The third kappa shape index (κ3) is 5.20. The molecule has 0 unspecified atom stereocenters. The minimum atomic E-state index is -0.377. The van der Waals surface area contributed by atoms with Crippen LogP contribution in [0.25, 0.3) is 11.1 Å². The molecule has 1 saturated heterocycles. The van der Waals surface area contributed by atoms with Crippen LogP contribution in [0.1, 0.15) is 24.6 Å². The number of oxazole rings is 1. The van der Waals surface area contributed by atoms with Crippen LogP contribution in [0.3, 0.4) is 0 Å². The molecule has 1 atom stereocenters. The Morgan fingerprint density at radius 1 is 1.22 bits per heavy atom. The van der Waals surface area contributed by atoms with Crippen molar-refractivity contribution in [1.82, 2.24) is 15.6 Å². The zero-order chi connectivity index (χ0) is 22.5. The zero-order valence-electron chi connectivity index (χ0n) is 17.8. The Morgan fingerprint density at radius 3 is 2.72 bits per heavy atom. The summed E-state index contributed by atoms with van der Waals surface area (Å²) >= 11 is 0. The van der Waals surface area contributed by atoms with Crippen LogP contribution in [-0.4, -0.2) is 29.9 Å². The normalized spacial score (nSPS) is 15.9. The summed E-state index contributed by atoms with van der Waals surface area (Å²) in [5.74, 6) is -0.532. The van der Waals surface area contributed by atoms with Crippen molar-refractivity contribution in [3.05, 3.63) is 72.2 Å². The first-order chi connectivity index (χ1) is 15.5. The van der Waals surface area contributed by atoms with Crippen molar-refractivity contribution in [2.45, 2.75) is 26.4 Å². The van der Waals surface area contributed by atoms with Gasteiger partial charge in [-0.1, -0.05) is 24.3 Å².